The number of hydrogen-bond acceptors (Lipinski definition) is 3. The van der Waals surface area contributed by atoms with Crippen molar-refractivity contribution in [1.82, 2.24) is 4.90 Å². The Morgan fingerprint density at radius 1 is 1.62 bits per heavy atom. The molecule has 88 valence electrons. The van der Waals surface area contributed by atoms with Crippen LogP contribution < -0.4 is 5.73 Å². The number of carbonyl (C=O) groups is 1. The molecule has 1 aliphatic rings. The van der Waals surface area contributed by atoms with Crippen molar-refractivity contribution >= 4 is 33.2 Å². The van der Waals surface area contributed by atoms with E-state index in [-0.39, 0.29) is 11.9 Å². The van der Waals surface area contributed by atoms with Gasteiger partial charge >= 0.3 is 0 Å². The summed E-state index contributed by atoms with van der Waals surface area (Å²) >= 11 is 4.86. The maximum atomic E-state index is 12.2. The molecule has 0 bridgehead atoms. The second kappa shape index (κ2) is 5.29. The van der Waals surface area contributed by atoms with Crippen molar-refractivity contribution in [2.75, 3.05) is 13.1 Å². The minimum atomic E-state index is 0.130. The number of halogens is 1. The Balaban J connectivity index is 2.13. The van der Waals surface area contributed by atoms with Crippen LogP contribution in [0.4, 0.5) is 0 Å². The third-order valence-electron chi connectivity index (χ3n) is 2.94. The summed E-state index contributed by atoms with van der Waals surface area (Å²) in [5.41, 5.74) is 5.71. The molecule has 1 fully saturated rings. The van der Waals surface area contributed by atoms with Gasteiger partial charge in [-0.3, -0.25) is 4.79 Å². The summed E-state index contributed by atoms with van der Waals surface area (Å²) in [6.45, 7) is 1.41. The molecule has 2 N–H and O–H groups in total. The van der Waals surface area contributed by atoms with Crippen molar-refractivity contribution in [2.45, 2.75) is 25.3 Å². The highest BCUT2D eigenvalue weighted by molar-refractivity contribution is 9.10. The molecule has 1 atom stereocenters. The summed E-state index contributed by atoms with van der Waals surface area (Å²) in [5, 5.41) is 1.94. The van der Waals surface area contributed by atoms with Crippen LogP contribution in [0.15, 0.2) is 15.9 Å². The normalized spacial score (nSPS) is 21.1. The van der Waals surface area contributed by atoms with Gasteiger partial charge in [0.25, 0.3) is 5.91 Å². The molecule has 0 spiro atoms. The summed E-state index contributed by atoms with van der Waals surface area (Å²) in [6.07, 6.45) is 3.31. The van der Waals surface area contributed by atoms with Gasteiger partial charge in [-0.25, -0.2) is 0 Å². The van der Waals surface area contributed by atoms with E-state index in [0.717, 1.165) is 28.7 Å². The van der Waals surface area contributed by atoms with Gasteiger partial charge in [-0.15, -0.1) is 11.3 Å². The number of hydrogen-bond donors (Lipinski definition) is 1. The number of nitrogens with zero attached hydrogens (tertiary/aromatic N) is 1. The van der Waals surface area contributed by atoms with Crippen LogP contribution in [-0.2, 0) is 0 Å². The van der Waals surface area contributed by atoms with E-state index in [1.807, 2.05) is 16.3 Å². The molecule has 16 heavy (non-hydrogen) atoms. The van der Waals surface area contributed by atoms with Crippen LogP contribution >= 0.6 is 27.3 Å². The minimum absolute atomic E-state index is 0.130. The zero-order chi connectivity index (χ0) is 11.5. The van der Waals surface area contributed by atoms with Crippen molar-refractivity contribution in [3.8, 4) is 0 Å². The van der Waals surface area contributed by atoms with E-state index in [1.165, 1.54) is 17.8 Å². The first-order chi connectivity index (χ1) is 7.72. The van der Waals surface area contributed by atoms with Crippen molar-refractivity contribution < 1.29 is 4.79 Å². The molecule has 0 radical (unpaired) electrons. The molecule has 0 saturated carbocycles. The van der Waals surface area contributed by atoms with E-state index in [4.69, 9.17) is 5.73 Å². The average molecular weight is 303 g/mol. The number of likely N-dealkylation sites (tertiary alicyclic amines) is 1. The Kier molecular flexibility index (Phi) is 4.00. The second-order valence-electron chi connectivity index (χ2n) is 4.01. The molecule has 0 aliphatic carbocycles. The fourth-order valence-electron chi connectivity index (χ4n) is 2.08. The van der Waals surface area contributed by atoms with Gasteiger partial charge in [-0.1, -0.05) is 0 Å². The largest absolute Gasteiger partial charge is 0.334 e. The van der Waals surface area contributed by atoms with Gasteiger partial charge in [0.05, 0.1) is 4.88 Å². The molecule has 3 nitrogen and oxygen atoms in total. The predicted octanol–water partition coefficient (Wildman–Crippen LogP) is 2.46. The summed E-state index contributed by atoms with van der Waals surface area (Å²) in [6, 6.07) is 2.11. The molecular formula is C11H15BrN2OS. The van der Waals surface area contributed by atoms with Gasteiger partial charge < -0.3 is 10.6 Å². The highest BCUT2D eigenvalue weighted by atomic mass is 79.9. The molecule has 1 aliphatic heterocycles. The Morgan fingerprint density at radius 3 is 3.06 bits per heavy atom. The van der Waals surface area contributed by atoms with Crippen molar-refractivity contribution in [2.24, 2.45) is 5.73 Å². The van der Waals surface area contributed by atoms with Crippen LogP contribution in [0.2, 0.25) is 0 Å². The van der Waals surface area contributed by atoms with Gasteiger partial charge in [0.2, 0.25) is 0 Å². The Bertz CT molecular complexity index is 380. The van der Waals surface area contributed by atoms with Gasteiger partial charge in [0.15, 0.2) is 0 Å². The molecule has 5 heteroatoms. The van der Waals surface area contributed by atoms with Gasteiger partial charge in [-0.05, 0) is 41.3 Å². The zero-order valence-corrected chi connectivity index (χ0v) is 11.4. The van der Waals surface area contributed by atoms with E-state index in [0.29, 0.717) is 6.54 Å². The second-order valence-corrected chi connectivity index (χ2v) is 5.84. The van der Waals surface area contributed by atoms with Gasteiger partial charge in [-0.2, -0.15) is 0 Å². The monoisotopic (exact) mass is 302 g/mol. The van der Waals surface area contributed by atoms with E-state index >= 15 is 0 Å². The third-order valence-corrected chi connectivity index (χ3v) is 4.62. The summed E-state index contributed by atoms with van der Waals surface area (Å²) in [7, 11) is 0. The minimum Gasteiger partial charge on any atom is -0.334 e. The molecule has 1 saturated heterocycles. The first-order valence-electron chi connectivity index (χ1n) is 5.47. The van der Waals surface area contributed by atoms with Gasteiger partial charge in [0.1, 0.15) is 0 Å². The lowest BCUT2D eigenvalue weighted by atomic mass is 10.0. The van der Waals surface area contributed by atoms with E-state index in [2.05, 4.69) is 15.9 Å². The maximum absolute atomic E-state index is 12.2. The van der Waals surface area contributed by atoms with Crippen LogP contribution in [-0.4, -0.2) is 29.9 Å². The fraction of sp³-hybridized carbons (Fsp3) is 0.545. The molecule has 1 amide bonds. The number of carbonyl (C=O) groups excluding carboxylic acids is 1. The van der Waals surface area contributed by atoms with Crippen molar-refractivity contribution in [3.63, 3.8) is 0 Å². The van der Waals surface area contributed by atoms with E-state index in [9.17, 15) is 4.79 Å². The van der Waals surface area contributed by atoms with E-state index in [1.54, 1.807) is 0 Å². The Labute approximate surface area is 108 Å². The van der Waals surface area contributed by atoms with Crippen molar-refractivity contribution in [1.29, 1.82) is 0 Å². The lowest BCUT2D eigenvalue weighted by Gasteiger charge is -2.34. The molecular weight excluding hydrogens is 288 g/mol. The Morgan fingerprint density at radius 2 is 2.44 bits per heavy atom. The fourth-order valence-corrected chi connectivity index (χ4v) is 3.46. The van der Waals surface area contributed by atoms with Crippen molar-refractivity contribution in [3.05, 3.63) is 20.8 Å². The SMILES string of the molecule is NCC1CCCCN1C(=O)c1cc(Br)cs1. The van der Waals surface area contributed by atoms with Crippen LogP contribution in [0.25, 0.3) is 0 Å². The lowest BCUT2D eigenvalue weighted by molar-refractivity contribution is 0.0628. The molecule has 1 aromatic rings. The standard InChI is InChI=1S/C11H15BrN2OS/c12-8-5-10(16-7-8)11(15)14-4-2-1-3-9(14)6-13/h5,7,9H,1-4,6,13H2. The summed E-state index contributed by atoms with van der Waals surface area (Å²) < 4.78 is 0.974. The third kappa shape index (κ3) is 2.47. The zero-order valence-electron chi connectivity index (χ0n) is 8.99. The van der Waals surface area contributed by atoms with Gasteiger partial charge in [0, 0.05) is 29.0 Å². The smallest absolute Gasteiger partial charge is 0.264 e. The number of rotatable bonds is 2. The first-order valence-corrected chi connectivity index (χ1v) is 7.14. The highest BCUT2D eigenvalue weighted by Gasteiger charge is 2.27. The molecule has 0 aromatic carbocycles. The Hall–Kier alpha value is -0.390. The molecule has 1 unspecified atom stereocenters. The quantitative estimate of drug-likeness (QED) is 0.912. The lowest BCUT2D eigenvalue weighted by Crippen LogP contribution is -2.47. The topological polar surface area (TPSA) is 46.3 Å². The number of amides is 1. The number of piperidine rings is 1. The van der Waals surface area contributed by atoms with Crippen LogP contribution in [0.3, 0.4) is 0 Å². The first kappa shape index (κ1) is 12.1. The molecule has 2 rings (SSSR count). The summed E-state index contributed by atoms with van der Waals surface area (Å²) in [5.74, 6) is 0.130. The number of thiophene rings is 1. The highest BCUT2D eigenvalue weighted by Crippen LogP contribution is 2.24. The van der Waals surface area contributed by atoms with E-state index < -0.39 is 0 Å². The maximum Gasteiger partial charge on any atom is 0.264 e. The predicted molar refractivity (Wildman–Crippen MR) is 69.7 cm³/mol. The van der Waals surface area contributed by atoms with Crippen LogP contribution in [0, 0.1) is 0 Å². The average Bonchev–Trinajstić information content (AvgIpc) is 2.75. The number of nitrogens with two attached hydrogens (primary N) is 1. The summed E-state index contributed by atoms with van der Waals surface area (Å²) in [4.78, 5) is 15.0. The van der Waals surface area contributed by atoms with Crippen LogP contribution in [0.1, 0.15) is 28.9 Å². The van der Waals surface area contributed by atoms with Crippen LogP contribution in [0.5, 0.6) is 0 Å². The molecule has 1 aromatic heterocycles. The molecule has 2 heterocycles.